The highest BCUT2D eigenvalue weighted by atomic mass is 16.3. The molecular weight excluding hydrogens is 392 g/mol. The van der Waals surface area contributed by atoms with Crippen molar-refractivity contribution in [2.45, 2.75) is 115 Å². The second-order valence-corrected chi connectivity index (χ2v) is 7.92. The Morgan fingerprint density at radius 3 is 1.69 bits per heavy atom. The first-order valence-corrected chi connectivity index (χ1v) is 12.2. The minimum absolute atomic E-state index is 0.566. The number of rotatable bonds is 17. The van der Waals surface area contributed by atoms with Gasteiger partial charge in [-0.3, -0.25) is 0 Å². The fourth-order valence-corrected chi connectivity index (χ4v) is 3.06. The summed E-state index contributed by atoms with van der Waals surface area (Å²) in [7, 11) is 0. The average molecular weight is 435 g/mol. The van der Waals surface area contributed by atoms with E-state index in [-0.39, 0.29) is 0 Å². The summed E-state index contributed by atoms with van der Waals surface area (Å²) in [4.78, 5) is 0. The van der Waals surface area contributed by atoms with Gasteiger partial charge in [0.25, 0.3) is 0 Å². The van der Waals surface area contributed by atoms with E-state index in [1.165, 1.54) is 38.5 Å². The van der Waals surface area contributed by atoms with Gasteiger partial charge in [-0.05, 0) is 44.6 Å². The van der Waals surface area contributed by atoms with Gasteiger partial charge in [0.15, 0.2) is 0 Å². The van der Waals surface area contributed by atoms with E-state index in [1.807, 2.05) is 6.08 Å². The molecule has 0 fully saturated rings. The normalized spacial score (nSPS) is 12.4. The van der Waals surface area contributed by atoms with Gasteiger partial charge in [0, 0.05) is 25.7 Å². The van der Waals surface area contributed by atoms with Crippen LogP contribution in [-0.2, 0) is 0 Å². The molecule has 0 aliphatic rings. The molecule has 0 aromatic rings. The van der Waals surface area contributed by atoms with E-state index in [0.717, 1.165) is 64.2 Å². The maximum atomic E-state index is 9.27. The number of hydrogen-bond acceptors (Lipinski definition) is 2. The lowest BCUT2D eigenvalue weighted by molar-refractivity contribution is 0.217. The van der Waals surface area contributed by atoms with E-state index in [4.69, 9.17) is 12.8 Å². The van der Waals surface area contributed by atoms with Crippen molar-refractivity contribution in [3.05, 3.63) is 24.3 Å². The summed E-state index contributed by atoms with van der Waals surface area (Å²) < 4.78 is 0. The summed E-state index contributed by atoms with van der Waals surface area (Å²) in [6.45, 7) is 0. The van der Waals surface area contributed by atoms with Gasteiger partial charge in [0.05, 0.1) is 0 Å². The molecule has 2 atom stereocenters. The summed E-state index contributed by atoms with van der Waals surface area (Å²) in [6.07, 6.45) is 33.7. The third kappa shape index (κ3) is 23.9. The molecule has 0 rings (SSSR count). The number of aliphatic hydroxyl groups is 2. The van der Waals surface area contributed by atoms with Crippen molar-refractivity contribution < 1.29 is 10.2 Å². The average Bonchev–Trinajstić information content (AvgIpc) is 2.81. The van der Waals surface area contributed by atoms with Crippen LogP contribution in [0.15, 0.2) is 24.3 Å². The Bertz CT molecular complexity index is 694. The zero-order valence-electron chi connectivity index (χ0n) is 19.8. The van der Waals surface area contributed by atoms with Crippen LogP contribution in [0.5, 0.6) is 0 Å². The number of hydrogen-bond donors (Lipinski definition) is 2. The summed E-state index contributed by atoms with van der Waals surface area (Å²) >= 11 is 0. The molecule has 0 amide bonds. The molecule has 0 aliphatic heterocycles. The first-order valence-electron chi connectivity index (χ1n) is 12.2. The molecule has 0 aromatic carbocycles. The molecule has 0 radical (unpaired) electrons. The van der Waals surface area contributed by atoms with Crippen molar-refractivity contribution in [1.29, 1.82) is 0 Å². The molecule has 0 bridgehead atoms. The van der Waals surface area contributed by atoms with E-state index < -0.39 is 12.2 Å². The zero-order valence-corrected chi connectivity index (χ0v) is 19.8. The summed E-state index contributed by atoms with van der Waals surface area (Å²) in [6, 6.07) is 0. The minimum atomic E-state index is -0.745. The summed E-state index contributed by atoms with van der Waals surface area (Å²) in [5.74, 6) is 17.5. The van der Waals surface area contributed by atoms with Crippen LogP contribution in [0.2, 0.25) is 0 Å². The molecule has 0 saturated heterocycles. The fraction of sp³-hybridized carbons (Fsp3) is 0.600. The first kappa shape index (κ1) is 29.6. The second kappa shape index (κ2) is 24.9. The maximum absolute atomic E-state index is 9.27. The zero-order chi connectivity index (χ0) is 23.5. The van der Waals surface area contributed by atoms with Crippen molar-refractivity contribution in [1.82, 2.24) is 0 Å². The minimum Gasteiger partial charge on any atom is -0.380 e. The molecule has 2 nitrogen and oxygen atoms in total. The number of terminal acetylenes is 2. The molecule has 0 heterocycles. The molecule has 0 unspecified atom stereocenters. The lowest BCUT2D eigenvalue weighted by Gasteiger charge is -2.02. The molecule has 2 N–H and O–H groups in total. The van der Waals surface area contributed by atoms with Crippen molar-refractivity contribution in [3.63, 3.8) is 0 Å². The van der Waals surface area contributed by atoms with Gasteiger partial charge in [-0.25, -0.2) is 0 Å². The predicted octanol–water partition coefficient (Wildman–Crippen LogP) is 6.34. The quantitative estimate of drug-likeness (QED) is 0.159. The van der Waals surface area contributed by atoms with Gasteiger partial charge < -0.3 is 10.2 Å². The third-order valence-corrected chi connectivity index (χ3v) is 4.99. The van der Waals surface area contributed by atoms with Gasteiger partial charge >= 0.3 is 0 Å². The topological polar surface area (TPSA) is 40.5 Å². The summed E-state index contributed by atoms with van der Waals surface area (Å²) in [5, 5.41) is 18.5. The Morgan fingerprint density at radius 2 is 1.12 bits per heavy atom. The van der Waals surface area contributed by atoms with Gasteiger partial charge in [-0.1, -0.05) is 80.4 Å². The van der Waals surface area contributed by atoms with Crippen LogP contribution in [0.4, 0.5) is 0 Å². The highest BCUT2D eigenvalue weighted by molar-refractivity contribution is 5.09. The van der Waals surface area contributed by atoms with Crippen LogP contribution < -0.4 is 0 Å². The van der Waals surface area contributed by atoms with Crippen LogP contribution in [-0.4, -0.2) is 22.4 Å². The van der Waals surface area contributed by atoms with Crippen molar-refractivity contribution in [2.24, 2.45) is 0 Å². The molecule has 2 heteroatoms. The molecule has 0 aliphatic carbocycles. The van der Waals surface area contributed by atoms with Crippen molar-refractivity contribution in [3.8, 4) is 48.4 Å². The summed E-state index contributed by atoms with van der Waals surface area (Å²) in [5.41, 5.74) is 0. The number of aliphatic hydroxyl groups excluding tert-OH is 2. The molecule has 0 saturated carbocycles. The Kier molecular flexibility index (Phi) is 23.1. The number of allylic oxidation sites excluding steroid dienone is 3. The smallest absolute Gasteiger partial charge is 0.133 e. The largest absolute Gasteiger partial charge is 0.380 e. The molecule has 174 valence electrons. The lowest BCUT2D eigenvalue weighted by atomic mass is 10.1. The van der Waals surface area contributed by atoms with Crippen LogP contribution in [0, 0.1) is 48.4 Å². The Labute approximate surface area is 198 Å². The third-order valence-electron chi connectivity index (χ3n) is 4.99. The first-order chi connectivity index (χ1) is 15.7. The van der Waals surface area contributed by atoms with Crippen LogP contribution in [0.3, 0.4) is 0 Å². The Morgan fingerprint density at radius 1 is 0.594 bits per heavy atom. The second-order valence-electron chi connectivity index (χ2n) is 7.92. The van der Waals surface area contributed by atoms with Crippen LogP contribution >= 0.6 is 0 Å². The monoisotopic (exact) mass is 434 g/mol. The lowest BCUT2D eigenvalue weighted by Crippen LogP contribution is -2.01. The molecular formula is C30H42O2. The maximum Gasteiger partial charge on any atom is 0.133 e. The molecule has 0 aromatic heterocycles. The van der Waals surface area contributed by atoms with E-state index >= 15 is 0 Å². The van der Waals surface area contributed by atoms with Crippen LogP contribution in [0.1, 0.15) is 103 Å². The predicted molar refractivity (Wildman–Crippen MR) is 137 cm³/mol. The van der Waals surface area contributed by atoms with Crippen LogP contribution in [0.25, 0.3) is 0 Å². The molecule has 0 spiro atoms. The van der Waals surface area contributed by atoms with E-state index in [0.29, 0.717) is 0 Å². The van der Waals surface area contributed by atoms with Gasteiger partial charge in [-0.2, -0.15) is 0 Å². The van der Waals surface area contributed by atoms with E-state index in [2.05, 4.69) is 47.7 Å². The van der Waals surface area contributed by atoms with E-state index in [9.17, 15) is 10.2 Å². The highest BCUT2D eigenvalue weighted by Gasteiger charge is 1.97. The fourth-order valence-electron chi connectivity index (χ4n) is 3.06. The van der Waals surface area contributed by atoms with E-state index in [1.54, 1.807) is 6.08 Å². The number of unbranched alkanes of at least 4 members (excludes halogenated alkanes) is 11. The highest BCUT2D eigenvalue weighted by Crippen LogP contribution is 2.09. The Balaban J connectivity index is 3.41. The van der Waals surface area contributed by atoms with Crippen molar-refractivity contribution >= 4 is 0 Å². The molecule has 32 heavy (non-hydrogen) atoms. The van der Waals surface area contributed by atoms with Crippen molar-refractivity contribution in [2.75, 3.05) is 0 Å². The van der Waals surface area contributed by atoms with Gasteiger partial charge in [-0.15, -0.1) is 24.7 Å². The standard InChI is InChI=1S/C30H42O2/c1-3-29(31)27-25-23-21-19-17-15-13-11-9-7-5-6-8-10-12-14-16-18-20-22-24-26-28-30(32)4-2/h1-2,5-6,25,27,29-32H,7-8,13-24,26,28H2/b6-5-,27-25+/t29-,30+/m0/s1. The Hall–Kier alpha value is -2.36. The van der Waals surface area contributed by atoms with Gasteiger partial charge in [0.2, 0.25) is 0 Å². The van der Waals surface area contributed by atoms with Gasteiger partial charge in [0.1, 0.15) is 12.2 Å². The SMILES string of the molecule is C#C[C@@H](O)CCCCCCCCC#CC/C=C\CC#CCCCCCC/C=C/[C@@H](O)C#C.